The predicted octanol–water partition coefficient (Wildman–Crippen LogP) is 3.77. The Labute approximate surface area is 194 Å². The molecule has 0 saturated carbocycles. The summed E-state index contributed by atoms with van der Waals surface area (Å²) in [6.07, 6.45) is 0.931. The number of amides is 1. The first-order valence-electron chi connectivity index (χ1n) is 11.0. The van der Waals surface area contributed by atoms with Crippen LogP contribution in [0.3, 0.4) is 0 Å². The number of piperidine rings is 2. The van der Waals surface area contributed by atoms with Crippen molar-refractivity contribution in [1.82, 2.24) is 19.7 Å². The van der Waals surface area contributed by atoms with E-state index in [0.29, 0.717) is 43.7 Å². The molecule has 0 aromatic carbocycles. The number of halogens is 4. The van der Waals surface area contributed by atoms with E-state index in [-0.39, 0.29) is 22.7 Å². The second kappa shape index (κ2) is 9.32. The summed E-state index contributed by atoms with van der Waals surface area (Å²) in [5, 5.41) is 3.99. The smallest absolute Gasteiger partial charge is 0.369 e. The summed E-state index contributed by atoms with van der Waals surface area (Å²) >= 11 is 6.32. The Bertz CT molecular complexity index is 1060. The number of anilines is 1. The lowest BCUT2D eigenvalue weighted by molar-refractivity contribution is -0.138. The molecule has 2 fully saturated rings. The average Bonchev–Trinajstić information content (AvgIpc) is 2.80. The highest BCUT2D eigenvalue weighted by Gasteiger charge is 2.32. The highest BCUT2D eigenvalue weighted by molar-refractivity contribution is 6.33. The number of nitrogens with zero attached hydrogens (tertiary/aromatic N) is 5. The molecule has 11 heteroatoms. The van der Waals surface area contributed by atoms with Gasteiger partial charge in [0.2, 0.25) is 5.91 Å². The van der Waals surface area contributed by atoms with Crippen LogP contribution in [-0.2, 0) is 11.0 Å². The van der Waals surface area contributed by atoms with E-state index in [0.717, 1.165) is 42.7 Å². The molecule has 0 N–H and O–H groups in total. The van der Waals surface area contributed by atoms with E-state index in [2.05, 4.69) is 17.0 Å². The van der Waals surface area contributed by atoms with Gasteiger partial charge in [-0.1, -0.05) is 18.5 Å². The van der Waals surface area contributed by atoms with Gasteiger partial charge in [-0.15, -0.1) is 0 Å². The minimum atomic E-state index is -4.52. The van der Waals surface area contributed by atoms with Crippen LogP contribution in [-0.4, -0.2) is 51.8 Å². The number of hydrogen-bond donors (Lipinski definition) is 0. The van der Waals surface area contributed by atoms with Crippen molar-refractivity contribution in [3.8, 4) is 5.82 Å². The molecule has 0 unspecified atom stereocenters. The standard InChI is InChI=1S/C22H25ClF3N5O2/c1-14-4-8-30(9-5-14)20(32)15-6-10-29(11-7-15)17-13-28-31(21(33)19(17)23)18-3-2-16(12-27-18)22(24,25)26/h2-3,12-15H,4-11H2,1H3. The van der Waals surface area contributed by atoms with Crippen LogP contribution in [0.15, 0.2) is 29.3 Å². The van der Waals surface area contributed by atoms with E-state index < -0.39 is 17.3 Å². The first kappa shape index (κ1) is 23.5. The van der Waals surface area contributed by atoms with Gasteiger partial charge in [0.05, 0.1) is 17.4 Å². The molecule has 2 aliphatic rings. The molecule has 0 bridgehead atoms. The molecule has 4 rings (SSSR count). The molecule has 33 heavy (non-hydrogen) atoms. The average molecular weight is 484 g/mol. The van der Waals surface area contributed by atoms with E-state index in [1.54, 1.807) is 0 Å². The molecular formula is C22H25ClF3N5O2. The summed E-state index contributed by atoms with van der Waals surface area (Å²) in [7, 11) is 0. The number of likely N-dealkylation sites (tertiary alicyclic amines) is 1. The van der Waals surface area contributed by atoms with Crippen LogP contribution < -0.4 is 10.5 Å². The molecule has 7 nitrogen and oxygen atoms in total. The van der Waals surface area contributed by atoms with Crippen molar-refractivity contribution in [2.24, 2.45) is 11.8 Å². The lowest BCUT2D eigenvalue weighted by Crippen LogP contribution is -2.45. The molecule has 0 spiro atoms. The minimum Gasteiger partial charge on any atom is -0.369 e. The first-order chi connectivity index (χ1) is 15.6. The minimum absolute atomic E-state index is 0.0434. The first-order valence-corrected chi connectivity index (χ1v) is 11.4. The topological polar surface area (TPSA) is 71.3 Å². The number of aromatic nitrogens is 3. The molecule has 0 radical (unpaired) electrons. The number of carbonyl (C=O) groups excluding carboxylic acids is 1. The second-order valence-electron chi connectivity index (χ2n) is 8.73. The van der Waals surface area contributed by atoms with E-state index in [9.17, 15) is 22.8 Å². The zero-order valence-electron chi connectivity index (χ0n) is 18.2. The van der Waals surface area contributed by atoms with Gasteiger partial charge in [-0.25, -0.2) is 4.98 Å². The van der Waals surface area contributed by atoms with Gasteiger partial charge in [-0.3, -0.25) is 9.59 Å². The van der Waals surface area contributed by atoms with Crippen LogP contribution in [0.5, 0.6) is 0 Å². The number of hydrogen-bond acceptors (Lipinski definition) is 5. The normalized spacial score (nSPS) is 18.6. The van der Waals surface area contributed by atoms with Gasteiger partial charge >= 0.3 is 6.18 Å². The summed E-state index contributed by atoms with van der Waals surface area (Å²) in [6.45, 7) is 4.95. The van der Waals surface area contributed by atoms with Crippen LogP contribution in [0.1, 0.15) is 38.2 Å². The summed E-state index contributed by atoms with van der Waals surface area (Å²) < 4.78 is 39.1. The Kier molecular flexibility index (Phi) is 6.65. The Morgan fingerprint density at radius 2 is 1.73 bits per heavy atom. The van der Waals surface area contributed by atoms with Crippen molar-refractivity contribution in [3.05, 3.63) is 45.5 Å². The molecule has 2 aromatic rings. The van der Waals surface area contributed by atoms with E-state index in [4.69, 9.17) is 11.6 Å². The zero-order valence-corrected chi connectivity index (χ0v) is 18.9. The summed E-state index contributed by atoms with van der Waals surface area (Å²) in [5.41, 5.74) is -1.14. The Hall–Kier alpha value is -2.62. The Morgan fingerprint density at radius 1 is 1.06 bits per heavy atom. The molecule has 0 atom stereocenters. The number of rotatable bonds is 3. The molecule has 178 valence electrons. The van der Waals surface area contributed by atoms with Gasteiger partial charge in [0.15, 0.2) is 5.82 Å². The molecule has 2 aliphatic heterocycles. The molecule has 2 aromatic heterocycles. The van der Waals surface area contributed by atoms with Crippen LogP contribution in [0, 0.1) is 11.8 Å². The number of carbonyl (C=O) groups is 1. The van der Waals surface area contributed by atoms with Crippen molar-refractivity contribution in [2.75, 3.05) is 31.1 Å². The van der Waals surface area contributed by atoms with Gasteiger partial charge in [0.25, 0.3) is 5.56 Å². The van der Waals surface area contributed by atoms with Gasteiger partial charge in [0.1, 0.15) is 5.02 Å². The SMILES string of the molecule is CC1CCN(C(=O)C2CCN(c3cnn(-c4ccc(C(F)(F)F)cn4)c(=O)c3Cl)CC2)CC1. The zero-order chi connectivity index (χ0) is 23.8. The van der Waals surface area contributed by atoms with Crippen molar-refractivity contribution in [2.45, 2.75) is 38.8 Å². The monoisotopic (exact) mass is 483 g/mol. The number of alkyl halides is 3. The van der Waals surface area contributed by atoms with Gasteiger partial charge in [0, 0.05) is 38.3 Å². The largest absolute Gasteiger partial charge is 0.417 e. The molecule has 1 amide bonds. The molecular weight excluding hydrogens is 459 g/mol. The van der Waals surface area contributed by atoms with E-state index in [1.807, 2.05) is 9.80 Å². The van der Waals surface area contributed by atoms with Gasteiger partial charge in [-0.2, -0.15) is 23.0 Å². The van der Waals surface area contributed by atoms with E-state index in [1.165, 1.54) is 6.20 Å². The maximum atomic E-state index is 12.8. The maximum Gasteiger partial charge on any atom is 0.417 e. The fraction of sp³-hybridized carbons (Fsp3) is 0.545. The molecule has 0 aliphatic carbocycles. The number of pyridine rings is 1. The fourth-order valence-corrected chi connectivity index (χ4v) is 4.59. The van der Waals surface area contributed by atoms with Crippen LogP contribution in [0.25, 0.3) is 5.82 Å². The quantitative estimate of drug-likeness (QED) is 0.664. The molecule has 4 heterocycles. The third-order valence-electron chi connectivity index (χ3n) is 6.47. The maximum absolute atomic E-state index is 12.8. The lowest BCUT2D eigenvalue weighted by Gasteiger charge is -2.37. The summed E-state index contributed by atoms with van der Waals surface area (Å²) in [4.78, 5) is 33.2. The molecule has 2 saturated heterocycles. The second-order valence-corrected chi connectivity index (χ2v) is 9.11. The fourth-order valence-electron chi connectivity index (χ4n) is 4.34. The lowest BCUT2D eigenvalue weighted by atomic mass is 9.92. The highest BCUT2D eigenvalue weighted by atomic mass is 35.5. The van der Waals surface area contributed by atoms with Gasteiger partial charge < -0.3 is 9.80 Å². The summed E-state index contributed by atoms with van der Waals surface area (Å²) in [5.74, 6) is 0.764. The van der Waals surface area contributed by atoms with Crippen LogP contribution >= 0.6 is 11.6 Å². The van der Waals surface area contributed by atoms with Crippen LogP contribution in [0.4, 0.5) is 18.9 Å². The van der Waals surface area contributed by atoms with Crippen molar-refractivity contribution in [1.29, 1.82) is 0 Å². The van der Waals surface area contributed by atoms with Crippen molar-refractivity contribution < 1.29 is 18.0 Å². The third-order valence-corrected chi connectivity index (χ3v) is 6.83. The van der Waals surface area contributed by atoms with Crippen molar-refractivity contribution in [3.63, 3.8) is 0 Å². The highest BCUT2D eigenvalue weighted by Crippen LogP contribution is 2.30. The van der Waals surface area contributed by atoms with Crippen LogP contribution in [0.2, 0.25) is 5.02 Å². The van der Waals surface area contributed by atoms with Gasteiger partial charge in [-0.05, 0) is 43.7 Å². The third kappa shape index (κ3) is 5.00. The predicted molar refractivity (Wildman–Crippen MR) is 118 cm³/mol. The Morgan fingerprint density at radius 3 is 2.30 bits per heavy atom. The van der Waals surface area contributed by atoms with E-state index >= 15 is 0 Å². The Balaban J connectivity index is 1.44. The van der Waals surface area contributed by atoms with Crippen molar-refractivity contribution >= 4 is 23.2 Å². The summed E-state index contributed by atoms with van der Waals surface area (Å²) in [6, 6.07) is 1.91.